The lowest BCUT2D eigenvalue weighted by molar-refractivity contribution is 0.0183. The van der Waals surface area contributed by atoms with Crippen molar-refractivity contribution in [3.05, 3.63) is 74.7 Å². The zero-order valence-electron chi connectivity index (χ0n) is 15.8. The van der Waals surface area contributed by atoms with Crippen molar-refractivity contribution in [3.63, 3.8) is 0 Å². The van der Waals surface area contributed by atoms with Crippen LogP contribution in [0.2, 0.25) is 5.02 Å². The van der Waals surface area contributed by atoms with E-state index in [-0.39, 0.29) is 5.69 Å². The van der Waals surface area contributed by atoms with E-state index in [1.165, 1.54) is 6.07 Å². The van der Waals surface area contributed by atoms with Gasteiger partial charge in [0.05, 0.1) is 17.6 Å². The summed E-state index contributed by atoms with van der Waals surface area (Å²) in [6.07, 6.45) is -3.45. The summed E-state index contributed by atoms with van der Waals surface area (Å²) >= 11 is 5.97. The number of aromatic nitrogens is 2. The highest BCUT2D eigenvalue weighted by atomic mass is 35.5. The molecule has 1 amide bonds. The SMILES string of the molecule is Cc1ccc(C(=O)N/N=C(/c2nc3cc(Cl)ccc3[nH]c2=O)C(O)C(O)CO)cc1. The van der Waals surface area contributed by atoms with Gasteiger partial charge in [0.15, 0.2) is 5.69 Å². The molecule has 2 atom stereocenters. The normalized spacial score (nSPS) is 13.8. The number of benzene rings is 2. The number of fused-ring (bicyclic) bond motifs is 1. The molecule has 10 heteroatoms. The lowest BCUT2D eigenvalue weighted by Gasteiger charge is -2.17. The molecule has 0 spiro atoms. The lowest BCUT2D eigenvalue weighted by atomic mass is 10.1. The van der Waals surface area contributed by atoms with Gasteiger partial charge in [0.2, 0.25) is 0 Å². The van der Waals surface area contributed by atoms with E-state index in [9.17, 15) is 24.9 Å². The molecule has 1 aromatic heterocycles. The Bertz CT molecular complexity index is 1160. The molecule has 0 aliphatic rings. The number of hydrazone groups is 1. The molecule has 5 N–H and O–H groups in total. The molecule has 0 aliphatic heterocycles. The first-order valence-electron chi connectivity index (χ1n) is 8.91. The molecule has 0 saturated heterocycles. The quantitative estimate of drug-likeness (QED) is 0.287. The van der Waals surface area contributed by atoms with Crippen LogP contribution in [0, 0.1) is 6.92 Å². The van der Waals surface area contributed by atoms with Crippen molar-refractivity contribution in [2.24, 2.45) is 5.10 Å². The van der Waals surface area contributed by atoms with Gasteiger partial charge in [-0.15, -0.1) is 0 Å². The number of hydrogen-bond donors (Lipinski definition) is 5. The summed E-state index contributed by atoms with van der Waals surface area (Å²) in [5.74, 6) is -0.599. The van der Waals surface area contributed by atoms with Gasteiger partial charge in [-0.1, -0.05) is 29.3 Å². The third-order valence-corrected chi connectivity index (χ3v) is 4.56. The Morgan fingerprint density at radius 1 is 1.23 bits per heavy atom. The van der Waals surface area contributed by atoms with Crippen molar-refractivity contribution in [3.8, 4) is 0 Å². The van der Waals surface area contributed by atoms with Crippen LogP contribution < -0.4 is 11.0 Å². The third kappa shape index (κ3) is 4.71. The van der Waals surface area contributed by atoms with Crippen LogP contribution in [0.5, 0.6) is 0 Å². The van der Waals surface area contributed by atoms with E-state index in [1.807, 2.05) is 6.92 Å². The Kier molecular flexibility index (Phi) is 6.58. The van der Waals surface area contributed by atoms with Gasteiger partial charge >= 0.3 is 0 Å². The standard InChI is InChI=1S/C20H19ClN4O5/c1-10-2-4-11(5-3-10)19(29)25-24-16(18(28)15(27)9-26)17-20(30)23-13-7-6-12(21)8-14(13)22-17/h2-8,15,18,26-28H,9H2,1H3,(H,23,30)(H,25,29)/b24-16-. The van der Waals surface area contributed by atoms with Gasteiger partial charge in [-0.3, -0.25) is 9.59 Å². The second-order valence-electron chi connectivity index (χ2n) is 6.57. The monoisotopic (exact) mass is 430 g/mol. The van der Waals surface area contributed by atoms with Gasteiger partial charge in [-0.25, -0.2) is 10.4 Å². The topological polar surface area (TPSA) is 148 Å². The summed E-state index contributed by atoms with van der Waals surface area (Å²) in [4.78, 5) is 31.6. The van der Waals surface area contributed by atoms with Crippen molar-refractivity contribution in [1.82, 2.24) is 15.4 Å². The number of amides is 1. The summed E-state index contributed by atoms with van der Waals surface area (Å²) in [6.45, 7) is 1.07. The van der Waals surface area contributed by atoms with E-state index in [4.69, 9.17) is 11.6 Å². The number of H-pyrrole nitrogens is 1. The Morgan fingerprint density at radius 3 is 2.60 bits per heavy atom. The number of carbonyl (C=O) groups excluding carboxylic acids is 1. The highest BCUT2D eigenvalue weighted by Crippen LogP contribution is 2.15. The average molecular weight is 431 g/mol. The molecule has 156 valence electrons. The van der Waals surface area contributed by atoms with E-state index in [2.05, 4.69) is 20.5 Å². The molecule has 2 unspecified atom stereocenters. The van der Waals surface area contributed by atoms with Crippen LogP contribution in [-0.2, 0) is 0 Å². The summed E-state index contributed by atoms with van der Waals surface area (Å²) in [6, 6.07) is 11.3. The summed E-state index contributed by atoms with van der Waals surface area (Å²) in [5.41, 5.74) is 2.74. The smallest absolute Gasteiger partial charge is 0.276 e. The molecule has 2 aromatic carbocycles. The van der Waals surface area contributed by atoms with Gasteiger partial charge < -0.3 is 20.3 Å². The Labute approximate surface area is 175 Å². The zero-order valence-corrected chi connectivity index (χ0v) is 16.6. The van der Waals surface area contributed by atoms with Crippen molar-refractivity contribution in [1.29, 1.82) is 0 Å². The largest absolute Gasteiger partial charge is 0.394 e. The van der Waals surface area contributed by atoms with Gasteiger partial charge in [-0.05, 0) is 37.3 Å². The molecule has 30 heavy (non-hydrogen) atoms. The number of halogens is 1. The second kappa shape index (κ2) is 9.14. The molecular weight excluding hydrogens is 412 g/mol. The number of nitrogens with one attached hydrogen (secondary N) is 2. The van der Waals surface area contributed by atoms with Crippen LogP contribution in [0.1, 0.15) is 21.6 Å². The maximum absolute atomic E-state index is 12.5. The minimum atomic E-state index is -1.79. The minimum Gasteiger partial charge on any atom is -0.394 e. The fourth-order valence-electron chi connectivity index (χ4n) is 2.65. The van der Waals surface area contributed by atoms with Crippen LogP contribution in [0.4, 0.5) is 0 Å². The molecule has 3 rings (SSSR count). The second-order valence-corrected chi connectivity index (χ2v) is 7.01. The first-order valence-corrected chi connectivity index (χ1v) is 9.29. The van der Waals surface area contributed by atoms with Crippen molar-refractivity contribution < 1.29 is 20.1 Å². The van der Waals surface area contributed by atoms with E-state index in [0.29, 0.717) is 21.6 Å². The van der Waals surface area contributed by atoms with E-state index >= 15 is 0 Å². The van der Waals surface area contributed by atoms with Crippen molar-refractivity contribution in [2.75, 3.05) is 6.61 Å². The number of aliphatic hydroxyl groups is 3. The van der Waals surface area contributed by atoms with Gasteiger partial charge in [-0.2, -0.15) is 5.10 Å². The fourth-order valence-corrected chi connectivity index (χ4v) is 2.82. The summed E-state index contributed by atoms with van der Waals surface area (Å²) in [7, 11) is 0. The zero-order chi connectivity index (χ0) is 21.8. The average Bonchev–Trinajstić information content (AvgIpc) is 2.73. The first kappa shape index (κ1) is 21.6. The van der Waals surface area contributed by atoms with Crippen LogP contribution in [0.3, 0.4) is 0 Å². The highest BCUT2D eigenvalue weighted by Gasteiger charge is 2.27. The number of nitrogens with zero attached hydrogens (tertiary/aromatic N) is 2. The first-order chi connectivity index (χ1) is 14.3. The lowest BCUT2D eigenvalue weighted by Crippen LogP contribution is -2.41. The van der Waals surface area contributed by atoms with E-state index in [0.717, 1.165) is 5.56 Å². The van der Waals surface area contributed by atoms with Crippen LogP contribution in [0.25, 0.3) is 11.0 Å². The molecule has 9 nitrogen and oxygen atoms in total. The molecule has 0 bridgehead atoms. The van der Waals surface area contributed by atoms with Crippen LogP contribution >= 0.6 is 11.6 Å². The molecule has 0 radical (unpaired) electrons. The number of rotatable bonds is 6. The maximum Gasteiger partial charge on any atom is 0.276 e. The molecular formula is C20H19ClN4O5. The molecule has 3 aromatic rings. The van der Waals surface area contributed by atoms with Crippen LogP contribution in [0.15, 0.2) is 52.4 Å². The van der Waals surface area contributed by atoms with Crippen molar-refractivity contribution >= 4 is 34.3 Å². The predicted octanol–water partition coefficient (Wildman–Crippen LogP) is 0.733. The van der Waals surface area contributed by atoms with Crippen molar-refractivity contribution in [2.45, 2.75) is 19.1 Å². The molecule has 0 fully saturated rings. The third-order valence-electron chi connectivity index (χ3n) is 4.32. The maximum atomic E-state index is 12.5. The van der Waals surface area contributed by atoms with E-state index < -0.39 is 36.0 Å². The fraction of sp³-hybridized carbons (Fsp3) is 0.200. The summed E-state index contributed by atoms with van der Waals surface area (Å²) in [5, 5.41) is 33.6. The van der Waals surface area contributed by atoms with Gasteiger partial charge in [0.1, 0.15) is 17.9 Å². The molecule has 0 aliphatic carbocycles. The molecule has 0 saturated carbocycles. The number of aromatic amines is 1. The number of carbonyl (C=O) groups is 1. The molecule has 1 heterocycles. The minimum absolute atomic E-state index is 0.299. The summed E-state index contributed by atoms with van der Waals surface area (Å²) < 4.78 is 0. The Balaban J connectivity index is 2.04. The van der Waals surface area contributed by atoms with Crippen LogP contribution in [-0.4, -0.2) is 55.7 Å². The number of aliphatic hydroxyl groups excluding tert-OH is 3. The Morgan fingerprint density at radius 2 is 1.93 bits per heavy atom. The highest BCUT2D eigenvalue weighted by molar-refractivity contribution is 6.31. The van der Waals surface area contributed by atoms with E-state index in [1.54, 1.807) is 36.4 Å². The predicted molar refractivity (Wildman–Crippen MR) is 112 cm³/mol. The Hall–Kier alpha value is -3.11. The van der Waals surface area contributed by atoms with Gasteiger partial charge in [0.25, 0.3) is 11.5 Å². The van der Waals surface area contributed by atoms with Gasteiger partial charge in [0, 0.05) is 10.6 Å². The number of aryl methyl sites for hydroxylation is 1. The number of hydrogen-bond acceptors (Lipinski definition) is 7.